The Morgan fingerprint density at radius 2 is 2.20 bits per heavy atom. The smallest absolute Gasteiger partial charge is 0.168 e. The van der Waals surface area contributed by atoms with Crippen molar-refractivity contribution in [2.75, 3.05) is 40.3 Å². The molecule has 4 nitrogen and oxygen atoms in total. The minimum absolute atomic E-state index is 0.205. The largest absolute Gasteiger partial charge is 0.492 e. The second kappa shape index (κ2) is 5.54. The van der Waals surface area contributed by atoms with Gasteiger partial charge in [-0.1, -0.05) is 12.1 Å². The lowest BCUT2D eigenvalue weighted by atomic mass is 9.98. The van der Waals surface area contributed by atoms with Gasteiger partial charge in [-0.05, 0) is 25.7 Å². The van der Waals surface area contributed by atoms with Crippen LogP contribution in [0.4, 0.5) is 0 Å². The summed E-state index contributed by atoms with van der Waals surface area (Å²) in [6.07, 6.45) is 1.49. The van der Waals surface area contributed by atoms with Crippen molar-refractivity contribution in [2.24, 2.45) is 0 Å². The molecular weight excluding hydrogens is 252 g/mol. The minimum atomic E-state index is 0.205. The average molecular weight is 274 g/mol. The quantitative estimate of drug-likeness (QED) is 0.781. The van der Waals surface area contributed by atoms with Gasteiger partial charge >= 0.3 is 0 Å². The summed E-state index contributed by atoms with van der Waals surface area (Å²) in [5.41, 5.74) is 1.94. The lowest BCUT2D eigenvalue weighted by Gasteiger charge is -2.37. The van der Waals surface area contributed by atoms with Gasteiger partial charge in [-0.25, -0.2) is 0 Å². The van der Waals surface area contributed by atoms with E-state index >= 15 is 0 Å². The molecule has 0 aliphatic carbocycles. The Morgan fingerprint density at radius 1 is 1.35 bits per heavy atom. The highest BCUT2D eigenvalue weighted by Gasteiger charge is 2.27. The molecule has 0 radical (unpaired) electrons. The Hall–Kier alpha value is -1.39. The highest BCUT2D eigenvalue weighted by molar-refractivity contribution is 5.99. The number of rotatable bonds is 3. The summed E-state index contributed by atoms with van der Waals surface area (Å²) < 4.78 is 5.64. The van der Waals surface area contributed by atoms with Crippen LogP contribution in [0.15, 0.2) is 18.2 Å². The second-order valence-corrected chi connectivity index (χ2v) is 5.92. The lowest BCUT2D eigenvalue weighted by Crippen LogP contribution is -2.50. The summed E-state index contributed by atoms with van der Waals surface area (Å²) in [6.45, 7) is 3.76. The molecule has 2 aliphatic rings. The van der Waals surface area contributed by atoms with E-state index in [1.807, 2.05) is 12.1 Å². The zero-order valence-corrected chi connectivity index (χ0v) is 12.3. The molecule has 1 aromatic rings. The molecular formula is C16H22N2O2. The fraction of sp³-hybridized carbons (Fsp3) is 0.562. The van der Waals surface area contributed by atoms with Gasteiger partial charge in [-0.15, -0.1) is 0 Å². The van der Waals surface area contributed by atoms with Crippen LogP contribution in [0.25, 0.3) is 0 Å². The zero-order valence-electron chi connectivity index (χ0n) is 12.3. The molecule has 108 valence electrons. The first-order valence-electron chi connectivity index (χ1n) is 7.32. The van der Waals surface area contributed by atoms with Crippen LogP contribution in [-0.4, -0.2) is 62.0 Å². The zero-order chi connectivity index (χ0) is 14.1. The maximum absolute atomic E-state index is 12.6. The van der Waals surface area contributed by atoms with Crippen molar-refractivity contribution in [1.29, 1.82) is 0 Å². The van der Waals surface area contributed by atoms with E-state index in [2.05, 4.69) is 30.0 Å². The van der Waals surface area contributed by atoms with Crippen molar-refractivity contribution in [3.8, 4) is 5.75 Å². The van der Waals surface area contributed by atoms with E-state index in [0.29, 0.717) is 19.1 Å². The third-order valence-electron chi connectivity index (χ3n) is 4.42. The first-order valence-corrected chi connectivity index (χ1v) is 7.32. The number of carbonyl (C=O) groups excluding carboxylic acids is 1. The molecule has 0 bridgehead atoms. The molecule has 1 saturated heterocycles. The number of carbonyl (C=O) groups is 1. The van der Waals surface area contributed by atoms with Gasteiger partial charge in [0.05, 0.1) is 12.2 Å². The molecule has 0 N–H and O–H groups in total. The lowest BCUT2D eigenvalue weighted by molar-refractivity contribution is 0.0807. The van der Waals surface area contributed by atoms with Crippen LogP contribution in [0, 0.1) is 0 Å². The second-order valence-electron chi connectivity index (χ2n) is 5.92. The van der Waals surface area contributed by atoms with Crippen LogP contribution < -0.4 is 4.74 Å². The van der Waals surface area contributed by atoms with Crippen LogP contribution >= 0.6 is 0 Å². The molecule has 4 heteroatoms. The Kier molecular flexibility index (Phi) is 3.76. The van der Waals surface area contributed by atoms with Gasteiger partial charge < -0.3 is 14.5 Å². The summed E-state index contributed by atoms with van der Waals surface area (Å²) >= 11 is 0. The average Bonchev–Trinajstić information content (AvgIpc) is 2.91. The monoisotopic (exact) mass is 274 g/mol. The van der Waals surface area contributed by atoms with Crippen molar-refractivity contribution in [3.63, 3.8) is 0 Å². The number of piperazine rings is 1. The van der Waals surface area contributed by atoms with Crippen molar-refractivity contribution < 1.29 is 9.53 Å². The van der Waals surface area contributed by atoms with E-state index in [0.717, 1.165) is 37.4 Å². The molecule has 0 aromatic heterocycles. The maximum atomic E-state index is 12.6. The molecule has 2 aliphatic heterocycles. The molecule has 2 heterocycles. The van der Waals surface area contributed by atoms with E-state index in [9.17, 15) is 4.79 Å². The highest BCUT2D eigenvalue weighted by atomic mass is 16.5. The molecule has 3 rings (SSSR count). The van der Waals surface area contributed by atoms with E-state index in [-0.39, 0.29) is 5.78 Å². The van der Waals surface area contributed by atoms with Gasteiger partial charge in [0, 0.05) is 38.5 Å². The number of hydrogen-bond donors (Lipinski definition) is 0. The van der Waals surface area contributed by atoms with Gasteiger partial charge in [-0.2, -0.15) is 0 Å². The third-order valence-corrected chi connectivity index (χ3v) is 4.42. The van der Waals surface area contributed by atoms with Gasteiger partial charge in [-0.3, -0.25) is 4.79 Å². The third kappa shape index (κ3) is 2.58. The van der Waals surface area contributed by atoms with Crippen molar-refractivity contribution in [3.05, 3.63) is 29.3 Å². The molecule has 1 fully saturated rings. The molecule has 0 spiro atoms. The number of para-hydroxylation sites is 1. The Labute approximate surface area is 120 Å². The normalized spacial score (nSPS) is 23.4. The fourth-order valence-electron chi connectivity index (χ4n) is 3.08. The van der Waals surface area contributed by atoms with Gasteiger partial charge in [0.25, 0.3) is 0 Å². The number of hydrogen-bond acceptors (Lipinski definition) is 4. The van der Waals surface area contributed by atoms with Crippen molar-refractivity contribution in [1.82, 2.24) is 9.80 Å². The molecule has 0 amide bonds. The Balaban J connectivity index is 1.75. The van der Waals surface area contributed by atoms with Gasteiger partial charge in [0.2, 0.25) is 0 Å². The van der Waals surface area contributed by atoms with E-state index in [1.165, 1.54) is 5.56 Å². The Bertz CT molecular complexity index is 515. The Morgan fingerprint density at radius 3 is 3.05 bits per heavy atom. The molecule has 1 unspecified atom stereocenters. The standard InChI is InChI=1S/C16H22N2O2/c1-17-7-8-18(2)13(11-17)10-15(19)14-5-3-4-12-6-9-20-16(12)14/h3-5,13H,6-11H2,1-2H3. The topological polar surface area (TPSA) is 32.8 Å². The predicted octanol–water partition coefficient (Wildman–Crippen LogP) is 1.44. The number of Topliss-reactive ketones (excluding diaryl/α,β-unsaturated/α-hetero) is 1. The van der Waals surface area contributed by atoms with Crippen LogP contribution in [0.5, 0.6) is 5.75 Å². The summed E-state index contributed by atoms with van der Waals surface area (Å²) in [6, 6.07) is 6.23. The van der Waals surface area contributed by atoms with Crippen LogP contribution in [0.2, 0.25) is 0 Å². The summed E-state index contributed by atoms with van der Waals surface area (Å²) in [5.74, 6) is 1.03. The SMILES string of the molecule is CN1CCN(C)C(CC(=O)c2cccc3c2OCC3)C1. The fourth-order valence-corrected chi connectivity index (χ4v) is 3.08. The van der Waals surface area contributed by atoms with Gasteiger partial charge in [0.1, 0.15) is 5.75 Å². The summed E-state index contributed by atoms with van der Waals surface area (Å²) in [5, 5.41) is 0. The van der Waals surface area contributed by atoms with Crippen LogP contribution in [0.3, 0.4) is 0 Å². The number of fused-ring (bicyclic) bond motifs is 1. The molecule has 20 heavy (non-hydrogen) atoms. The summed E-state index contributed by atoms with van der Waals surface area (Å²) in [4.78, 5) is 17.2. The molecule has 0 saturated carbocycles. The predicted molar refractivity (Wildman–Crippen MR) is 78.5 cm³/mol. The van der Waals surface area contributed by atoms with Crippen molar-refractivity contribution in [2.45, 2.75) is 18.9 Å². The van der Waals surface area contributed by atoms with Crippen LogP contribution in [-0.2, 0) is 6.42 Å². The number of likely N-dealkylation sites (N-methyl/N-ethyl adjacent to an activating group) is 2. The van der Waals surface area contributed by atoms with E-state index < -0.39 is 0 Å². The maximum Gasteiger partial charge on any atom is 0.168 e. The van der Waals surface area contributed by atoms with E-state index in [4.69, 9.17) is 4.74 Å². The minimum Gasteiger partial charge on any atom is -0.492 e. The van der Waals surface area contributed by atoms with Crippen molar-refractivity contribution >= 4 is 5.78 Å². The number of ether oxygens (including phenoxy) is 1. The first-order chi connectivity index (χ1) is 9.65. The number of ketones is 1. The molecule has 1 aromatic carbocycles. The number of benzene rings is 1. The summed E-state index contributed by atoms with van der Waals surface area (Å²) in [7, 11) is 4.23. The molecule has 1 atom stereocenters. The van der Waals surface area contributed by atoms with E-state index in [1.54, 1.807) is 0 Å². The first kappa shape index (κ1) is 13.6. The van der Waals surface area contributed by atoms with Gasteiger partial charge in [0.15, 0.2) is 5.78 Å². The highest BCUT2D eigenvalue weighted by Crippen LogP contribution is 2.30. The number of nitrogens with zero attached hydrogens (tertiary/aromatic N) is 2. The van der Waals surface area contributed by atoms with Crippen LogP contribution in [0.1, 0.15) is 22.3 Å².